The summed E-state index contributed by atoms with van der Waals surface area (Å²) in [5.41, 5.74) is -0.912. The molecule has 18 heteroatoms. The van der Waals surface area contributed by atoms with Gasteiger partial charge in [0.15, 0.2) is 15.8 Å². The average molecular weight is 705 g/mol. The third kappa shape index (κ3) is 6.96. The molecule has 0 unspecified atom stereocenters. The highest BCUT2D eigenvalue weighted by molar-refractivity contribution is 7.89. The standard InChI is InChI=1S/C28H40F3N7O5S2Si/c1-19(2)27(39)36-8-6-35(7-9-36)21-12-20(14-37-22(21)13-32-24(37)26-34-33-25(44-26)23(30)31)45(40,41)38(28(15-29)16-43-17-28)18-42-10-11-46(3,4)5/h12-14,19,23H,6-11,15-18H2,1-5H3/i13D. The van der Waals surface area contributed by atoms with E-state index in [4.69, 9.17) is 10.8 Å². The maximum Gasteiger partial charge on any atom is 0.291 e. The molecule has 2 fully saturated rings. The third-order valence-corrected chi connectivity index (χ3v) is 12.6. The molecule has 0 spiro atoms. The van der Waals surface area contributed by atoms with Crippen LogP contribution >= 0.6 is 11.3 Å². The second-order valence-electron chi connectivity index (χ2n) is 13.1. The fourth-order valence-corrected chi connectivity index (χ4v) is 8.29. The van der Waals surface area contributed by atoms with Crippen molar-refractivity contribution in [3.05, 3.63) is 23.4 Å². The number of nitrogens with zero attached hydrogens (tertiary/aromatic N) is 7. The van der Waals surface area contributed by atoms with Gasteiger partial charge in [0.1, 0.15) is 23.8 Å². The number of alkyl halides is 3. The van der Waals surface area contributed by atoms with Crippen molar-refractivity contribution in [2.75, 3.05) is 64.3 Å². The lowest BCUT2D eigenvalue weighted by Gasteiger charge is -2.46. The zero-order valence-electron chi connectivity index (χ0n) is 27.5. The molecule has 0 radical (unpaired) electrons. The minimum Gasteiger partial charge on any atom is -0.377 e. The number of fused-ring (bicyclic) bond motifs is 1. The maximum atomic E-state index is 14.6. The van der Waals surface area contributed by atoms with Gasteiger partial charge in [0.25, 0.3) is 6.43 Å². The number of ether oxygens (including phenoxy) is 2. The van der Waals surface area contributed by atoms with Gasteiger partial charge in [-0.3, -0.25) is 9.20 Å². The second kappa shape index (κ2) is 13.5. The Morgan fingerprint density at radius 2 is 1.91 bits per heavy atom. The van der Waals surface area contributed by atoms with Crippen molar-refractivity contribution < 1.29 is 37.2 Å². The molecule has 3 aromatic rings. The summed E-state index contributed by atoms with van der Waals surface area (Å²) in [5, 5.41) is 6.82. The largest absolute Gasteiger partial charge is 0.377 e. The molecule has 0 aliphatic carbocycles. The maximum absolute atomic E-state index is 14.6. The van der Waals surface area contributed by atoms with Gasteiger partial charge in [-0.2, -0.15) is 4.31 Å². The fraction of sp³-hybridized carbons (Fsp3) is 0.643. The number of carbonyl (C=O) groups excluding carboxylic acids is 1. The molecule has 5 heterocycles. The summed E-state index contributed by atoms with van der Waals surface area (Å²) < 4.78 is 92.7. The van der Waals surface area contributed by atoms with Crippen LogP contribution in [0.5, 0.6) is 0 Å². The Morgan fingerprint density at radius 1 is 1.22 bits per heavy atom. The Balaban J connectivity index is 1.61. The van der Waals surface area contributed by atoms with Gasteiger partial charge in [0.05, 0.1) is 32.0 Å². The van der Waals surface area contributed by atoms with E-state index >= 15 is 0 Å². The van der Waals surface area contributed by atoms with E-state index in [1.807, 2.05) is 18.7 Å². The predicted molar refractivity (Wildman–Crippen MR) is 170 cm³/mol. The van der Waals surface area contributed by atoms with Gasteiger partial charge in [-0.15, -0.1) is 10.2 Å². The summed E-state index contributed by atoms with van der Waals surface area (Å²) in [5.74, 6) is -0.234. The van der Waals surface area contributed by atoms with E-state index in [9.17, 15) is 26.4 Å². The van der Waals surface area contributed by atoms with Crippen LogP contribution in [0.4, 0.5) is 18.9 Å². The summed E-state index contributed by atoms with van der Waals surface area (Å²) in [6.07, 6.45) is -1.86. The SMILES string of the molecule is [2H]c1nc(-c2nnc(C(F)F)s2)n2cc(S(=O)(=O)N(COCC[Si](C)(C)C)C3(CF)COC3)cc(N3CCN(C(=O)C(C)C)CC3)c12. The normalized spacial score (nSPS) is 17.8. The first-order valence-electron chi connectivity index (χ1n) is 15.5. The van der Waals surface area contributed by atoms with E-state index < -0.39 is 48.5 Å². The Labute approximate surface area is 273 Å². The molecule has 0 bridgehead atoms. The smallest absolute Gasteiger partial charge is 0.291 e. The lowest BCUT2D eigenvalue weighted by atomic mass is 10.0. The number of rotatable bonds is 13. The zero-order chi connectivity index (χ0) is 34.3. The number of pyridine rings is 1. The van der Waals surface area contributed by atoms with Crippen LogP contribution in [0.3, 0.4) is 0 Å². The average Bonchev–Trinajstić information content (AvgIpc) is 3.62. The van der Waals surface area contributed by atoms with Crippen molar-refractivity contribution in [2.24, 2.45) is 5.92 Å². The molecule has 2 aliphatic heterocycles. The van der Waals surface area contributed by atoms with E-state index in [1.165, 1.54) is 16.7 Å². The highest BCUT2D eigenvalue weighted by atomic mass is 32.2. The number of piperazine rings is 1. The van der Waals surface area contributed by atoms with E-state index in [0.717, 1.165) is 10.3 Å². The monoisotopic (exact) mass is 704 g/mol. The van der Waals surface area contributed by atoms with Crippen molar-refractivity contribution in [3.8, 4) is 10.8 Å². The topological polar surface area (TPSA) is 122 Å². The van der Waals surface area contributed by atoms with E-state index in [2.05, 4.69) is 34.8 Å². The lowest BCUT2D eigenvalue weighted by Crippen LogP contribution is -2.65. The molecule has 3 aromatic heterocycles. The highest BCUT2D eigenvalue weighted by Gasteiger charge is 2.51. The van der Waals surface area contributed by atoms with Gasteiger partial charge in [0, 0.05) is 53.0 Å². The lowest BCUT2D eigenvalue weighted by molar-refractivity contribution is -0.141. The summed E-state index contributed by atoms with van der Waals surface area (Å²) in [6, 6.07) is 2.19. The van der Waals surface area contributed by atoms with Crippen LogP contribution in [-0.4, -0.2) is 116 Å². The van der Waals surface area contributed by atoms with Crippen LogP contribution in [0.25, 0.3) is 16.3 Å². The molecular formula is C28H40F3N7O5S2Si. The first-order chi connectivity index (χ1) is 22.1. The summed E-state index contributed by atoms with van der Waals surface area (Å²) in [6.45, 7) is 10.1. The number of sulfonamides is 1. The molecular weight excluding hydrogens is 664 g/mol. The molecule has 2 saturated heterocycles. The molecule has 12 nitrogen and oxygen atoms in total. The van der Waals surface area contributed by atoms with Crippen LogP contribution in [0.2, 0.25) is 25.7 Å². The van der Waals surface area contributed by atoms with Crippen LogP contribution < -0.4 is 4.90 Å². The zero-order valence-corrected chi connectivity index (χ0v) is 29.1. The number of imidazole rings is 1. The Hall–Kier alpha value is -2.64. The van der Waals surface area contributed by atoms with Gasteiger partial charge in [-0.25, -0.2) is 26.6 Å². The van der Waals surface area contributed by atoms with Crippen LogP contribution in [-0.2, 0) is 24.3 Å². The molecule has 2 aliphatic rings. The van der Waals surface area contributed by atoms with Crippen LogP contribution in [0.15, 0.2) is 23.3 Å². The number of hydrogen-bond acceptors (Lipinski definition) is 10. The molecule has 0 N–H and O–H groups in total. The number of aromatic nitrogens is 4. The molecule has 46 heavy (non-hydrogen) atoms. The van der Waals surface area contributed by atoms with Crippen molar-refractivity contribution in [1.82, 2.24) is 28.8 Å². The minimum absolute atomic E-state index is 0.00550. The second-order valence-corrected chi connectivity index (χ2v) is 21.6. The number of halogens is 3. The van der Waals surface area contributed by atoms with Gasteiger partial charge in [0.2, 0.25) is 15.9 Å². The molecule has 5 rings (SSSR count). The fourth-order valence-electron chi connectivity index (χ4n) is 5.21. The number of carbonyl (C=O) groups is 1. The first kappa shape index (κ1) is 33.3. The highest BCUT2D eigenvalue weighted by Crippen LogP contribution is 2.37. The number of hydrogen-bond donors (Lipinski definition) is 0. The molecule has 1 amide bonds. The summed E-state index contributed by atoms with van der Waals surface area (Å²) in [4.78, 5) is 20.3. The predicted octanol–water partition coefficient (Wildman–Crippen LogP) is 4.14. The van der Waals surface area contributed by atoms with Gasteiger partial charge in [-0.1, -0.05) is 44.8 Å². The van der Waals surface area contributed by atoms with E-state index in [-0.39, 0.29) is 52.5 Å². The Kier molecular flexibility index (Phi) is 9.74. The van der Waals surface area contributed by atoms with Crippen molar-refractivity contribution >= 4 is 46.5 Å². The third-order valence-electron chi connectivity index (χ3n) is 8.07. The Bertz CT molecular complexity index is 1700. The minimum atomic E-state index is -4.49. The quantitative estimate of drug-likeness (QED) is 0.147. The molecule has 254 valence electrons. The molecule has 0 saturated carbocycles. The molecule has 0 aromatic carbocycles. The van der Waals surface area contributed by atoms with Crippen molar-refractivity contribution in [3.63, 3.8) is 0 Å². The van der Waals surface area contributed by atoms with Crippen molar-refractivity contribution in [2.45, 2.75) is 56.4 Å². The summed E-state index contributed by atoms with van der Waals surface area (Å²) >= 11 is 0.586. The van der Waals surface area contributed by atoms with Crippen LogP contribution in [0, 0.1) is 5.92 Å². The van der Waals surface area contributed by atoms with Crippen LogP contribution in [0.1, 0.15) is 26.7 Å². The summed E-state index contributed by atoms with van der Waals surface area (Å²) in [7, 11) is -6.00. The number of anilines is 1. The Morgan fingerprint density at radius 3 is 2.46 bits per heavy atom. The van der Waals surface area contributed by atoms with Gasteiger partial charge in [-0.05, 0) is 12.1 Å². The van der Waals surface area contributed by atoms with Gasteiger partial charge >= 0.3 is 0 Å². The van der Waals surface area contributed by atoms with E-state index in [0.29, 0.717) is 49.8 Å². The molecule has 0 atom stereocenters. The van der Waals surface area contributed by atoms with Crippen molar-refractivity contribution in [1.29, 1.82) is 0 Å². The van der Waals surface area contributed by atoms with E-state index in [1.54, 1.807) is 4.90 Å². The first-order valence-corrected chi connectivity index (χ1v) is 21.0. The number of amides is 1. The van der Waals surface area contributed by atoms with Gasteiger partial charge < -0.3 is 19.3 Å².